The predicted molar refractivity (Wildman–Crippen MR) is 67.1 cm³/mol. The van der Waals surface area contributed by atoms with Crippen molar-refractivity contribution in [2.24, 2.45) is 0 Å². The zero-order chi connectivity index (χ0) is 12.4. The van der Waals surface area contributed by atoms with Crippen molar-refractivity contribution in [3.05, 3.63) is 40.7 Å². The highest BCUT2D eigenvalue weighted by Crippen LogP contribution is 2.24. The van der Waals surface area contributed by atoms with Crippen LogP contribution in [0.3, 0.4) is 0 Å². The molecule has 0 saturated carbocycles. The minimum absolute atomic E-state index is 0.274. The van der Waals surface area contributed by atoms with Crippen molar-refractivity contribution in [2.75, 3.05) is 11.1 Å². The van der Waals surface area contributed by atoms with Crippen molar-refractivity contribution in [3.8, 4) is 0 Å². The predicted octanol–water partition coefficient (Wildman–Crippen LogP) is 2.21. The number of nitrogens with one attached hydrogen (secondary N) is 2. The second-order valence-corrected chi connectivity index (χ2v) is 4.01. The fraction of sp³-hybridized carbons (Fsp3) is 0.0909. The standard InChI is InChI=1S/C11H11ClN4O/c1-6-8(5-14-16-6)11(17)15-10-4-7(13)2-3-9(10)12/h2-5H,13H2,1H3,(H,14,16)(H,15,17). The Labute approximate surface area is 103 Å². The molecule has 5 nitrogen and oxygen atoms in total. The Bertz CT molecular complexity index is 564. The molecule has 1 heterocycles. The Morgan fingerprint density at radius 3 is 2.94 bits per heavy atom. The van der Waals surface area contributed by atoms with Crippen LogP contribution in [0.1, 0.15) is 16.1 Å². The van der Waals surface area contributed by atoms with E-state index < -0.39 is 0 Å². The second-order valence-electron chi connectivity index (χ2n) is 3.60. The first kappa shape index (κ1) is 11.5. The molecule has 0 aliphatic rings. The van der Waals surface area contributed by atoms with Gasteiger partial charge >= 0.3 is 0 Å². The molecule has 2 rings (SSSR count). The number of H-pyrrole nitrogens is 1. The van der Waals surface area contributed by atoms with Crippen molar-refractivity contribution in [2.45, 2.75) is 6.92 Å². The number of nitrogens with zero attached hydrogens (tertiary/aromatic N) is 1. The fourth-order valence-electron chi connectivity index (χ4n) is 1.41. The summed E-state index contributed by atoms with van der Waals surface area (Å²) in [5.74, 6) is -0.274. The van der Waals surface area contributed by atoms with Gasteiger partial charge in [-0.3, -0.25) is 9.89 Å². The van der Waals surface area contributed by atoms with Crippen molar-refractivity contribution in [3.63, 3.8) is 0 Å². The van der Waals surface area contributed by atoms with E-state index in [1.54, 1.807) is 25.1 Å². The lowest BCUT2D eigenvalue weighted by Gasteiger charge is -2.07. The Balaban J connectivity index is 2.24. The van der Waals surface area contributed by atoms with Crippen molar-refractivity contribution in [1.82, 2.24) is 10.2 Å². The van der Waals surface area contributed by atoms with Gasteiger partial charge in [0.15, 0.2) is 0 Å². The molecule has 0 spiro atoms. The molecule has 1 aromatic heterocycles. The number of aromatic nitrogens is 2. The van der Waals surface area contributed by atoms with Crippen LogP contribution in [0.15, 0.2) is 24.4 Å². The first-order chi connectivity index (χ1) is 8.08. The number of rotatable bonds is 2. The summed E-state index contributed by atoms with van der Waals surface area (Å²) in [7, 11) is 0. The molecule has 0 aliphatic carbocycles. The van der Waals surface area contributed by atoms with E-state index in [0.29, 0.717) is 27.7 Å². The quantitative estimate of drug-likeness (QED) is 0.715. The first-order valence-electron chi connectivity index (χ1n) is 4.94. The molecule has 4 N–H and O–H groups in total. The number of benzene rings is 1. The Morgan fingerprint density at radius 1 is 1.53 bits per heavy atom. The normalized spacial score (nSPS) is 10.2. The van der Waals surface area contributed by atoms with Crippen LogP contribution in [-0.2, 0) is 0 Å². The van der Waals surface area contributed by atoms with Crippen LogP contribution in [0.25, 0.3) is 0 Å². The maximum absolute atomic E-state index is 11.9. The van der Waals surface area contributed by atoms with E-state index in [4.69, 9.17) is 17.3 Å². The number of carbonyl (C=O) groups is 1. The highest BCUT2D eigenvalue weighted by Gasteiger charge is 2.12. The summed E-state index contributed by atoms with van der Waals surface area (Å²) in [6.45, 7) is 1.77. The lowest BCUT2D eigenvalue weighted by molar-refractivity contribution is 0.102. The number of hydrogen-bond donors (Lipinski definition) is 3. The molecule has 0 fully saturated rings. The minimum atomic E-state index is -0.274. The van der Waals surface area contributed by atoms with Crippen LogP contribution in [-0.4, -0.2) is 16.1 Å². The molecule has 17 heavy (non-hydrogen) atoms. The fourth-order valence-corrected chi connectivity index (χ4v) is 1.57. The summed E-state index contributed by atoms with van der Waals surface area (Å²) >= 11 is 5.95. The Hall–Kier alpha value is -2.01. The van der Waals surface area contributed by atoms with Gasteiger partial charge in [0, 0.05) is 11.4 Å². The minimum Gasteiger partial charge on any atom is -0.399 e. The number of hydrogen-bond acceptors (Lipinski definition) is 3. The van der Waals surface area contributed by atoms with Gasteiger partial charge < -0.3 is 11.1 Å². The van der Waals surface area contributed by atoms with Gasteiger partial charge in [0.25, 0.3) is 5.91 Å². The number of aryl methyl sites for hydroxylation is 1. The van der Waals surface area contributed by atoms with E-state index in [2.05, 4.69) is 15.5 Å². The van der Waals surface area contributed by atoms with Crippen molar-refractivity contribution < 1.29 is 4.79 Å². The van der Waals surface area contributed by atoms with Gasteiger partial charge in [0.05, 0.1) is 22.5 Å². The number of carbonyl (C=O) groups excluding carboxylic acids is 1. The molecule has 6 heteroatoms. The van der Waals surface area contributed by atoms with E-state index in [1.165, 1.54) is 6.20 Å². The highest BCUT2D eigenvalue weighted by atomic mass is 35.5. The van der Waals surface area contributed by atoms with Crippen LogP contribution in [0.4, 0.5) is 11.4 Å². The molecule has 0 atom stereocenters. The number of nitrogens with two attached hydrogens (primary N) is 1. The molecule has 0 saturated heterocycles. The Morgan fingerprint density at radius 2 is 2.29 bits per heavy atom. The maximum atomic E-state index is 11.9. The summed E-state index contributed by atoms with van der Waals surface area (Å²) < 4.78 is 0. The highest BCUT2D eigenvalue weighted by molar-refractivity contribution is 6.34. The van der Waals surface area contributed by atoms with Crippen LogP contribution < -0.4 is 11.1 Å². The van der Waals surface area contributed by atoms with Crippen LogP contribution in [0.2, 0.25) is 5.02 Å². The first-order valence-corrected chi connectivity index (χ1v) is 5.32. The van der Waals surface area contributed by atoms with E-state index in [0.717, 1.165) is 0 Å². The SMILES string of the molecule is Cc1[nH]ncc1C(=O)Nc1cc(N)ccc1Cl. The summed E-state index contributed by atoms with van der Waals surface area (Å²) in [5.41, 5.74) is 7.81. The third kappa shape index (κ3) is 2.39. The maximum Gasteiger partial charge on any atom is 0.259 e. The van der Waals surface area contributed by atoms with Gasteiger partial charge in [-0.2, -0.15) is 5.10 Å². The average molecular weight is 251 g/mol. The molecule has 2 aromatic rings. The van der Waals surface area contributed by atoms with E-state index >= 15 is 0 Å². The molecule has 0 unspecified atom stereocenters. The lowest BCUT2D eigenvalue weighted by Crippen LogP contribution is -2.12. The average Bonchev–Trinajstić information content (AvgIpc) is 2.70. The molecular formula is C11H11ClN4O. The molecule has 0 aliphatic heterocycles. The summed E-state index contributed by atoms with van der Waals surface area (Å²) in [6, 6.07) is 4.91. The number of nitrogen functional groups attached to an aromatic ring is 1. The van der Waals surface area contributed by atoms with Crippen LogP contribution in [0, 0.1) is 6.92 Å². The summed E-state index contributed by atoms with van der Waals surface area (Å²) in [6.07, 6.45) is 1.46. The van der Waals surface area contributed by atoms with Gasteiger partial charge in [-0.05, 0) is 25.1 Å². The largest absolute Gasteiger partial charge is 0.399 e. The number of amides is 1. The number of halogens is 1. The zero-order valence-corrected chi connectivity index (χ0v) is 9.88. The van der Waals surface area contributed by atoms with Crippen LogP contribution in [0.5, 0.6) is 0 Å². The zero-order valence-electron chi connectivity index (χ0n) is 9.12. The van der Waals surface area contributed by atoms with Crippen molar-refractivity contribution >= 4 is 28.9 Å². The Kier molecular flexibility index (Phi) is 3.01. The van der Waals surface area contributed by atoms with E-state index in [-0.39, 0.29) is 5.91 Å². The topological polar surface area (TPSA) is 83.8 Å². The van der Waals surface area contributed by atoms with Gasteiger partial charge in [-0.15, -0.1) is 0 Å². The molecule has 1 amide bonds. The van der Waals surface area contributed by atoms with E-state index in [1.807, 2.05) is 0 Å². The van der Waals surface area contributed by atoms with E-state index in [9.17, 15) is 4.79 Å². The van der Waals surface area contributed by atoms with Crippen LogP contribution >= 0.6 is 11.6 Å². The third-order valence-corrected chi connectivity index (χ3v) is 2.64. The van der Waals surface area contributed by atoms with Gasteiger partial charge in [0.2, 0.25) is 0 Å². The van der Waals surface area contributed by atoms with Crippen molar-refractivity contribution in [1.29, 1.82) is 0 Å². The monoisotopic (exact) mass is 250 g/mol. The molecule has 0 radical (unpaired) electrons. The van der Waals surface area contributed by atoms with Gasteiger partial charge in [-0.1, -0.05) is 11.6 Å². The second kappa shape index (κ2) is 4.47. The van der Waals surface area contributed by atoms with Gasteiger partial charge in [0.1, 0.15) is 0 Å². The molecule has 0 bridgehead atoms. The third-order valence-electron chi connectivity index (χ3n) is 2.31. The molecule has 88 valence electrons. The number of aromatic amines is 1. The lowest BCUT2D eigenvalue weighted by atomic mass is 10.2. The molecule has 1 aromatic carbocycles. The number of anilines is 2. The molecular weight excluding hydrogens is 240 g/mol. The summed E-state index contributed by atoms with van der Waals surface area (Å²) in [5, 5.41) is 9.60. The smallest absolute Gasteiger partial charge is 0.259 e. The van der Waals surface area contributed by atoms with Gasteiger partial charge in [-0.25, -0.2) is 0 Å². The summed E-state index contributed by atoms with van der Waals surface area (Å²) in [4.78, 5) is 11.9.